The van der Waals surface area contributed by atoms with E-state index in [2.05, 4.69) is 16.8 Å². The van der Waals surface area contributed by atoms with Crippen molar-refractivity contribution in [2.75, 3.05) is 18.9 Å². The van der Waals surface area contributed by atoms with Crippen LogP contribution in [0.2, 0.25) is 0 Å². The van der Waals surface area contributed by atoms with Gasteiger partial charge in [-0.25, -0.2) is 0 Å². The smallest absolute Gasteiger partial charge is 0.255 e. The second-order valence-electron chi connectivity index (χ2n) is 7.11. The topological polar surface area (TPSA) is 54.3 Å². The van der Waals surface area contributed by atoms with Gasteiger partial charge in [0.25, 0.3) is 5.91 Å². The monoisotopic (exact) mass is 353 g/mol. The molecule has 3 rings (SSSR count). The summed E-state index contributed by atoms with van der Waals surface area (Å²) >= 11 is 0. The minimum Gasteiger partial charge on any atom is -0.345 e. The molecule has 0 spiro atoms. The van der Waals surface area contributed by atoms with Crippen LogP contribution < -0.4 is 5.32 Å². The van der Waals surface area contributed by atoms with Gasteiger partial charge in [0.2, 0.25) is 5.91 Å². The molecule has 1 fully saturated rings. The number of aromatic nitrogens is 1. The molecule has 1 saturated carbocycles. The Morgan fingerprint density at radius 3 is 2.58 bits per heavy atom. The number of aryl methyl sites for hydroxylation is 2. The van der Waals surface area contributed by atoms with Gasteiger partial charge in [-0.05, 0) is 50.8 Å². The third kappa shape index (κ3) is 3.66. The van der Waals surface area contributed by atoms with Crippen LogP contribution in [0, 0.1) is 13.8 Å². The van der Waals surface area contributed by atoms with Gasteiger partial charge >= 0.3 is 0 Å². The highest BCUT2D eigenvalue weighted by Crippen LogP contribution is 2.38. The van der Waals surface area contributed by atoms with E-state index < -0.39 is 0 Å². The number of anilines is 1. The summed E-state index contributed by atoms with van der Waals surface area (Å²) in [7, 11) is 1.68. The number of hydrogen-bond acceptors (Lipinski definition) is 2. The van der Waals surface area contributed by atoms with Crippen LogP contribution in [0.15, 0.2) is 30.3 Å². The summed E-state index contributed by atoms with van der Waals surface area (Å²) in [4.78, 5) is 26.7. The fraction of sp³-hybridized carbons (Fsp3) is 0.429. The molecular formula is C21H27N3O2. The number of nitrogens with one attached hydrogen (secondary N) is 1. The maximum Gasteiger partial charge on any atom is 0.255 e. The van der Waals surface area contributed by atoms with Crippen LogP contribution >= 0.6 is 0 Å². The van der Waals surface area contributed by atoms with E-state index in [-0.39, 0.29) is 18.4 Å². The van der Waals surface area contributed by atoms with Crippen molar-refractivity contribution in [1.29, 1.82) is 0 Å². The Bertz CT molecular complexity index is 834. The Hall–Kier alpha value is -2.56. The molecule has 1 aromatic carbocycles. The summed E-state index contributed by atoms with van der Waals surface area (Å²) in [5, 5.41) is 2.92. The Morgan fingerprint density at radius 1 is 1.23 bits per heavy atom. The number of carbonyl (C=O) groups excluding carboxylic acids is 2. The predicted molar refractivity (Wildman–Crippen MR) is 104 cm³/mol. The van der Waals surface area contributed by atoms with Crippen LogP contribution in [-0.2, 0) is 11.2 Å². The lowest BCUT2D eigenvalue weighted by Crippen LogP contribution is -2.35. The van der Waals surface area contributed by atoms with Gasteiger partial charge < -0.3 is 14.8 Å². The van der Waals surface area contributed by atoms with Crippen molar-refractivity contribution in [1.82, 2.24) is 9.47 Å². The van der Waals surface area contributed by atoms with E-state index in [1.807, 2.05) is 44.2 Å². The van der Waals surface area contributed by atoms with E-state index in [0.717, 1.165) is 29.1 Å². The van der Waals surface area contributed by atoms with Gasteiger partial charge in [0.15, 0.2) is 0 Å². The highest BCUT2D eigenvalue weighted by atomic mass is 16.2. The molecule has 0 unspecified atom stereocenters. The number of benzene rings is 1. The van der Waals surface area contributed by atoms with Crippen LogP contribution in [0.4, 0.5) is 5.69 Å². The summed E-state index contributed by atoms with van der Waals surface area (Å²) in [5.74, 6) is -0.290. The van der Waals surface area contributed by atoms with Crippen molar-refractivity contribution < 1.29 is 9.59 Å². The largest absolute Gasteiger partial charge is 0.345 e. The third-order valence-electron chi connectivity index (χ3n) is 5.03. The minimum atomic E-state index is -0.183. The molecule has 1 aromatic heterocycles. The first-order chi connectivity index (χ1) is 12.4. The van der Waals surface area contributed by atoms with Gasteiger partial charge in [0.05, 0.1) is 12.1 Å². The fourth-order valence-electron chi connectivity index (χ4n) is 3.52. The van der Waals surface area contributed by atoms with Gasteiger partial charge in [-0.3, -0.25) is 9.59 Å². The Kier molecular flexibility index (Phi) is 5.16. The average Bonchev–Trinajstić information content (AvgIpc) is 3.39. The molecule has 0 radical (unpaired) electrons. The Morgan fingerprint density at radius 2 is 1.92 bits per heavy atom. The molecule has 1 aliphatic rings. The average molecular weight is 353 g/mol. The van der Waals surface area contributed by atoms with E-state index >= 15 is 0 Å². The number of carbonyl (C=O) groups is 2. The first-order valence-electron chi connectivity index (χ1n) is 9.24. The number of para-hydroxylation sites is 1. The summed E-state index contributed by atoms with van der Waals surface area (Å²) in [6, 6.07) is 10.2. The number of amides is 2. The molecule has 5 nitrogen and oxygen atoms in total. The predicted octanol–water partition coefficient (Wildman–Crippen LogP) is 3.71. The molecule has 2 amide bonds. The minimum absolute atomic E-state index is 0.0317. The highest BCUT2D eigenvalue weighted by Gasteiger charge is 2.29. The Balaban J connectivity index is 1.67. The van der Waals surface area contributed by atoms with E-state index in [9.17, 15) is 9.59 Å². The third-order valence-corrected chi connectivity index (χ3v) is 5.03. The Labute approximate surface area is 155 Å². The second-order valence-corrected chi connectivity index (χ2v) is 7.11. The van der Waals surface area contributed by atoms with Crippen LogP contribution in [0.25, 0.3) is 0 Å². The zero-order valence-corrected chi connectivity index (χ0v) is 16.0. The fourth-order valence-corrected chi connectivity index (χ4v) is 3.52. The van der Waals surface area contributed by atoms with Crippen molar-refractivity contribution in [3.05, 3.63) is 52.8 Å². The van der Waals surface area contributed by atoms with Crippen LogP contribution in [0.1, 0.15) is 53.1 Å². The molecule has 26 heavy (non-hydrogen) atoms. The molecular weight excluding hydrogens is 326 g/mol. The number of rotatable bonds is 6. The summed E-state index contributed by atoms with van der Waals surface area (Å²) in [6.07, 6.45) is 3.20. The van der Waals surface area contributed by atoms with Gasteiger partial charge in [0, 0.05) is 30.2 Å². The van der Waals surface area contributed by atoms with Crippen LogP contribution in [0.3, 0.4) is 0 Å². The number of nitrogens with zero attached hydrogens (tertiary/aromatic N) is 2. The molecule has 1 aliphatic carbocycles. The molecule has 0 aliphatic heterocycles. The molecule has 0 bridgehead atoms. The number of hydrogen-bond donors (Lipinski definition) is 1. The van der Waals surface area contributed by atoms with E-state index in [0.29, 0.717) is 11.6 Å². The van der Waals surface area contributed by atoms with E-state index in [1.165, 1.54) is 17.7 Å². The lowest BCUT2D eigenvalue weighted by Gasteiger charge is -2.18. The zero-order valence-electron chi connectivity index (χ0n) is 16.0. The van der Waals surface area contributed by atoms with Gasteiger partial charge in [-0.15, -0.1) is 0 Å². The molecule has 138 valence electrons. The van der Waals surface area contributed by atoms with Crippen molar-refractivity contribution in [3.8, 4) is 0 Å². The standard InChI is InChI=1S/C21H27N3O2/c1-5-16-8-6-7-9-19(16)22-20(25)13-23(4)21(26)18-12-14(2)24(15(18)3)17-10-11-17/h6-9,12,17H,5,10-11,13H2,1-4H3,(H,22,25). The van der Waals surface area contributed by atoms with Gasteiger partial charge in [0.1, 0.15) is 0 Å². The van der Waals surface area contributed by atoms with Crippen LogP contribution in [-0.4, -0.2) is 34.9 Å². The van der Waals surface area contributed by atoms with Gasteiger partial charge in [-0.2, -0.15) is 0 Å². The molecule has 0 atom stereocenters. The molecule has 2 aromatic rings. The lowest BCUT2D eigenvalue weighted by molar-refractivity contribution is -0.116. The maximum atomic E-state index is 12.8. The summed E-state index contributed by atoms with van der Waals surface area (Å²) in [5.41, 5.74) is 4.70. The highest BCUT2D eigenvalue weighted by molar-refractivity contribution is 6.00. The molecule has 1 heterocycles. The first-order valence-corrected chi connectivity index (χ1v) is 9.24. The van der Waals surface area contributed by atoms with Crippen molar-refractivity contribution in [2.24, 2.45) is 0 Å². The van der Waals surface area contributed by atoms with E-state index in [4.69, 9.17) is 0 Å². The number of likely N-dealkylation sites (N-methyl/N-ethyl adjacent to an activating group) is 1. The van der Waals surface area contributed by atoms with E-state index in [1.54, 1.807) is 7.05 Å². The van der Waals surface area contributed by atoms with Crippen molar-refractivity contribution in [3.63, 3.8) is 0 Å². The maximum absolute atomic E-state index is 12.8. The molecule has 5 heteroatoms. The van der Waals surface area contributed by atoms with Gasteiger partial charge in [-0.1, -0.05) is 25.1 Å². The zero-order chi connectivity index (χ0) is 18.8. The SMILES string of the molecule is CCc1ccccc1NC(=O)CN(C)C(=O)c1cc(C)n(C2CC2)c1C. The van der Waals surface area contributed by atoms with Crippen molar-refractivity contribution in [2.45, 2.75) is 46.1 Å². The summed E-state index contributed by atoms with van der Waals surface area (Å²) in [6.45, 7) is 6.11. The van der Waals surface area contributed by atoms with Crippen LogP contribution in [0.5, 0.6) is 0 Å². The quantitative estimate of drug-likeness (QED) is 0.861. The summed E-state index contributed by atoms with van der Waals surface area (Å²) < 4.78 is 2.25. The second kappa shape index (κ2) is 7.36. The molecule has 1 N–H and O–H groups in total. The lowest BCUT2D eigenvalue weighted by atomic mass is 10.1. The normalized spacial score (nSPS) is 13.5. The first kappa shape index (κ1) is 18.2. The van der Waals surface area contributed by atoms with Crippen molar-refractivity contribution >= 4 is 17.5 Å². The molecule has 0 saturated heterocycles.